The summed E-state index contributed by atoms with van der Waals surface area (Å²) in [6.45, 7) is 2.06. The van der Waals surface area contributed by atoms with Gasteiger partial charge in [0.2, 0.25) is 5.91 Å². The molecule has 0 saturated heterocycles. The van der Waals surface area contributed by atoms with E-state index in [9.17, 15) is 9.36 Å². The van der Waals surface area contributed by atoms with Crippen molar-refractivity contribution in [1.29, 1.82) is 0 Å². The van der Waals surface area contributed by atoms with Gasteiger partial charge in [0.1, 0.15) is 18.9 Å². The fraction of sp³-hybridized carbons (Fsp3) is 0.364. The lowest BCUT2D eigenvalue weighted by Gasteiger charge is -2.19. The number of carbonyl (C=O) groups excluding carboxylic acids is 1. The molecule has 8 heteroatoms. The zero-order chi connectivity index (χ0) is 14.0. The van der Waals surface area contributed by atoms with Crippen molar-refractivity contribution < 1.29 is 28.6 Å². The normalized spacial score (nSPS) is 15.7. The summed E-state index contributed by atoms with van der Waals surface area (Å²) in [5.74, 6) is 0.324. The van der Waals surface area contributed by atoms with Crippen LogP contribution in [0.15, 0.2) is 18.2 Å². The molecule has 1 aliphatic heterocycles. The summed E-state index contributed by atoms with van der Waals surface area (Å²) >= 11 is 0. The molecule has 0 saturated carbocycles. The van der Waals surface area contributed by atoms with Crippen molar-refractivity contribution in [3.05, 3.63) is 18.2 Å². The molecule has 1 amide bonds. The number of amides is 1. The van der Waals surface area contributed by atoms with Gasteiger partial charge in [-0.2, -0.15) is 0 Å². The molecule has 0 fully saturated rings. The number of carbonyl (C=O) groups is 1. The van der Waals surface area contributed by atoms with E-state index in [-0.39, 0.29) is 0 Å². The Morgan fingerprint density at radius 1 is 1.32 bits per heavy atom. The Balaban J connectivity index is 2.11. The van der Waals surface area contributed by atoms with Crippen LogP contribution in [-0.2, 0) is 9.36 Å². The Labute approximate surface area is 109 Å². The highest BCUT2D eigenvalue weighted by molar-refractivity contribution is 7.53. The molecule has 1 atom stereocenters. The van der Waals surface area contributed by atoms with Gasteiger partial charge in [-0.15, -0.1) is 0 Å². The number of hydrogen-bond acceptors (Lipinski definition) is 4. The molecule has 19 heavy (non-hydrogen) atoms. The Hall–Kier alpha value is -1.56. The second-order valence-corrected chi connectivity index (χ2v) is 6.07. The third kappa shape index (κ3) is 3.26. The predicted octanol–water partition coefficient (Wildman–Crippen LogP) is 0.962. The van der Waals surface area contributed by atoms with Gasteiger partial charge < -0.3 is 24.6 Å². The molecule has 1 heterocycles. The SMILES string of the molecule is CC(C(=O)Nc1ccc2c(c1)OCCO2)P(=O)(O)O. The standard InChI is InChI=1S/C11H14NO6P/c1-7(19(14,15)16)11(13)12-8-2-3-9-10(6-8)18-5-4-17-9/h2-3,6-7H,4-5H2,1H3,(H,12,13)(H2,14,15,16). The van der Waals surface area contributed by atoms with Crippen LogP contribution in [-0.4, -0.2) is 34.6 Å². The van der Waals surface area contributed by atoms with Gasteiger partial charge in [0.05, 0.1) is 0 Å². The lowest BCUT2D eigenvalue weighted by atomic mass is 10.2. The first kappa shape index (κ1) is 13.9. The molecule has 0 spiro atoms. The molecule has 1 aromatic rings. The Morgan fingerprint density at radius 3 is 2.58 bits per heavy atom. The highest BCUT2D eigenvalue weighted by Crippen LogP contribution is 2.41. The quantitative estimate of drug-likeness (QED) is 0.715. The van der Waals surface area contributed by atoms with Crippen LogP contribution in [0.5, 0.6) is 11.5 Å². The summed E-state index contributed by atoms with van der Waals surface area (Å²) < 4.78 is 21.7. The highest BCUT2D eigenvalue weighted by atomic mass is 31.2. The van der Waals surface area contributed by atoms with Crippen LogP contribution in [0, 0.1) is 0 Å². The number of hydrogen-bond donors (Lipinski definition) is 3. The summed E-state index contributed by atoms with van der Waals surface area (Å²) in [6, 6.07) is 4.77. The smallest absolute Gasteiger partial charge is 0.337 e. The minimum atomic E-state index is -4.44. The van der Waals surface area contributed by atoms with Gasteiger partial charge in [-0.1, -0.05) is 0 Å². The topological polar surface area (TPSA) is 105 Å². The minimum Gasteiger partial charge on any atom is -0.486 e. The third-order valence-electron chi connectivity index (χ3n) is 2.69. The van der Waals surface area contributed by atoms with Crippen LogP contribution < -0.4 is 14.8 Å². The van der Waals surface area contributed by atoms with E-state index in [2.05, 4.69) is 5.32 Å². The van der Waals surface area contributed by atoms with Crippen LogP contribution in [0.25, 0.3) is 0 Å². The second kappa shape index (κ2) is 5.21. The van der Waals surface area contributed by atoms with Crippen LogP contribution in [0.1, 0.15) is 6.92 Å². The van der Waals surface area contributed by atoms with Crippen molar-refractivity contribution in [2.45, 2.75) is 12.6 Å². The molecule has 0 aromatic heterocycles. The van der Waals surface area contributed by atoms with E-state index in [0.717, 1.165) is 0 Å². The van der Waals surface area contributed by atoms with Crippen LogP contribution in [0.2, 0.25) is 0 Å². The predicted molar refractivity (Wildman–Crippen MR) is 67.6 cm³/mol. The summed E-state index contributed by atoms with van der Waals surface area (Å²) in [5, 5.41) is 2.43. The van der Waals surface area contributed by atoms with Gasteiger partial charge in [-0.05, 0) is 19.1 Å². The van der Waals surface area contributed by atoms with E-state index >= 15 is 0 Å². The maximum atomic E-state index is 11.7. The molecule has 7 nitrogen and oxygen atoms in total. The van der Waals surface area contributed by atoms with Crippen molar-refractivity contribution in [2.75, 3.05) is 18.5 Å². The first-order valence-corrected chi connectivity index (χ1v) is 7.32. The van der Waals surface area contributed by atoms with Crippen molar-refractivity contribution >= 4 is 19.2 Å². The Morgan fingerprint density at radius 2 is 1.95 bits per heavy atom. The van der Waals surface area contributed by atoms with Gasteiger partial charge >= 0.3 is 7.60 Å². The summed E-state index contributed by atoms with van der Waals surface area (Å²) in [5.41, 5.74) is -1.00. The average molecular weight is 287 g/mol. The van der Waals surface area contributed by atoms with Crippen LogP contribution >= 0.6 is 7.60 Å². The van der Waals surface area contributed by atoms with E-state index < -0.39 is 19.2 Å². The van der Waals surface area contributed by atoms with Gasteiger partial charge in [0.25, 0.3) is 0 Å². The number of nitrogens with one attached hydrogen (secondary N) is 1. The van der Waals surface area contributed by atoms with E-state index in [1.165, 1.54) is 6.92 Å². The second-order valence-electron chi connectivity index (χ2n) is 4.11. The number of rotatable bonds is 3. The molecule has 0 bridgehead atoms. The van der Waals surface area contributed by atoms with Crippen molar-refractivity contribution in [2.24, 2.45) is 0 Å². The summed E-state index contributed by atoms with van der Waals surface area (Å²) in [7, 11) is -4.44. The lowest BCUT2D eigenvalue weighted by Crippen LogP contribution is -2.25. The number of fused-ring (bicyclic) bond motifs is 1. The molecule has 2 rings (SSSR count). The fourth-order valence-electron chi connectivity index (χ4n) is 1.52. The molecule has 104 valence electrons. The molecule has 1 aromatic carbocycles. The largest absolute Gasteiger partial charge is 0.486 e. The average Bonchev–Trinajstić information content (AvgIpc) is 2.36. The van der Waals surface area contributed by atoms with Gasteiger partial charge in [-0.25, -0.2) is 0 Å². The molecule has 0 aliphatic carbocycles. The van der Waals surface area contributed by atoms with Gasteiger partial charge in [0, 0.05) is 11.8 Å². The van der Waals surface area contributed by atoms with Crippen LogP contribution in [0.4, 0.5) is 5.69 Å². The minimum absolute atomic E-state index is 0.398. The maximum Gasteiger partial charge on any atom is 0.337 e. The van der Waals surface area contributed by atoms with Crippen molar-refractivity contribution in [1.82, 2.24) is 0 Å². The number of benzene rings is 1. The number of ether oxygens (including phenoxy) is 2. The molecule has 0 radical (unpaired) electrons. The molecule has 1 unspecified atom stereocenters. The van der Waals surface area contributed by atoms with E-state index in [0.29, 0.717) is 30.4 Å². The third-order valence-corrected chi connectivity index (χ3v) is 3.94. The lowest BCUT2D eigenvalue weighted by molar-refractivity contribution is -0.115. The first-order chi connectivity index (χ1) is 8.88. The van der Waals surface area contributed by atoms with E-state index in [4.69, 9.17) is 19.3 Å². The van der Waals surface area contributed by atoms with Gasteiger partial charge in [0.15, 0.2) is 11.5 Å². The van der Waals surface area contributed by atoms with Crippen molar-refractivity contribution in [3.63, 3.8) is 0 Å². The van der Waals surface area contributed by atoms with Gasteiger partial charge in [-0.3, -0.25) is 9.36 Å². The Bertz CT molecular complexity index is 540. The number of anilines is 1. The van der Waals surface area contributed by atoms with Crippen LogP contribution in [0.3, 0.4) is 0 Å². The molecular weight excluding hydrogens is 273 g/mol. The zero-order valence-electron chi connectivity index (χ0n) is 10.2. The highest BCUT2D eigenvalue weighted by Gasteiger charge is 2.31. The summed E-state index contributed by atoms with van der Waals surface area (Å²) in [6.07, 6.45) is 0. The van der Waals surface area contributed by atoms with Crippen molar-refractivity contribution in [3.8, 4) is 11.5 Å². The maximum absolute atomic E-state index is 11.7. The first-order valence-electron chi connectivity index (χ1n) is 5.63. The Kier molecular flexibility index (Phi) is 3.80. The molecule has 3 N–H and O–H groups in total. The van der Waals surface area contributed by atoms with E-state index in [1.54, 1.807) is 18.2 Å². The molecule has 1 aliphatic rings. The summed E-state index contributed by atoms with van der Waals surface area (Å²) in [4.78, 5) is 29.5. The monoisotopic (exact) mass is 287 g/mol. The van der Waals surface area contributed by atoms with E-state index in [1.807, 2.05) is 0 Å². The zero-order valence-corrected chi connectivity index (χ0v) is 11.1. The fourth-order valence-corrected chi connectivity index (χ4v) is 1.89. The molecular formula is C11H14NO6P.